The molecule has 2 N–H and O–H groups in total. The van der Waals surface area contributed by atoms with Crippen LogP contribution in [0.3, 0.4) is 0 Å². The third-order valence-electron chi connectivity index (χ3n) is 3.39. The average Bonchev–Trinajstić information content (AvgIpc) is 2.96. The third kappa shape index (κ3) is 1.34. The zero-order chi connectivity index (χ0) is 13.7. The Morgan fingerprint density at radius 1 is 1.10 bits per heavy atom. The summed E-state index contributed by atoms with van der Waals surface area (Å²) in [5.41, 5.74) is 1.89. The van der Waals surface area contributed by atoms with Crippen molar-refractivity contribution in [1.29, 1.82) is 0 Å². The van der Waals surface area contributed by atoms with E-state index in [4.69, 9.17) is 0 Å². The molecule has 4 rings (SSSR count). The Balaban J connectivity index is 1.99. The van der Waals surface area contributed by atoms with Gasteiger partial charge in [0.2, 0.25) is 5.78 Å². The maximum atomic E-state index is 12.4. The first-order chi connectivity index (χ1) is 9.75. The minimum absolute atomic E-state index is 0.0499. The number of pyridine rings is 1. The number of nitrogens with one attached hydrogen (secondary N) is 1. The highest BCUT2D eigenvalue weighted by Gasteiger charge is 2.30. The molecule has 0 saturated carbocycles. The summed E-state index contributed by atoms with van der Waals surface area (Å²) in [7, 11) is 0. The van der Waals surface area contributed by atoms with E-state index in [2.05, 4.69) is 15.0 Å². The molecule has 1 aromatic carbocycles. The van der Waals surface area contributed by atoms with Crippen molar-refractivity contribution in [2.75, 3.05) is 0 Å². The number of ketones is 1. The molecule has 0 bridgehead atoms. The molecule has 5 nitrogen and oxygen atoms in total. The number of aromatic hydroxyl groups is 1. The van der Waals surface area contributed by atoms with Crippen LogP contribution in [-0.2, 0) is 0 Å². The molecule has 0 atom stereocenters. The lowest BCUT2D eigenvalue weighted by Crippen LogP contribution is -2.10. The van der Waals surface area contributed by atoms with Gasteiger partial charge in [0.05, 0.1) is 11.1 Å². The van der Waals surface area contributed by atoms with Crippen LogP contribution >= 0.6 is 0 Å². The first kappa shape index (κ1) is 10.9. The van der Waals surface area contributed by atoms with E-state index in [1.165, 1.54) is 0 Å². The number of rotatable bonds is 1. The molecule has 20 heavy (non-hydrogen) atoms. The molecule has 2 aromatic heterocycles. The van der Waals surface area contributed by atoms with E-state index in [0.717, 1.165) is 10.9 Å². The van der Waals surface area contributed by atoms with Gasteiger partial charge in [-0.05, 0) is 18.2 Å². The fraction of sp³-hybridized carbons (Fsp3) is 0. The number of nitrogens with zero attached hydrogens (tertiary/aromatic N) is 2. The number of hydrogen-bond acceptors (Lipinski definition) is 4. The Labute approximate surface area is 113 Å². The number of aromatic nitrogens is 2. The topological polar surface area (TPSA) is 78.3 Å². The lowest BCUT2D eigenvalue weighted by Gasteiger charge is -1.98. The smallest absolute Gasteiger partial charge is 0.216 e. The normalized spacial score (nSPS) is 13.6. The monoisotopic (exact) mass is 263 g/mol. The second kappa shape index (κ2) is 3.77. The first-order valence-electron chi connectivity index (χ1n) is 6.14. The second-order valence-electron chi connectivity index (χ2n) is 4.56. The molecule has 1 aliphatic rings. The molecule has 3 aromatic rings. The van der Waals surface area contributed by atoms with Crippen molar-refractivity contribution in [2.45, 2.75) is 0 Å². The van der Waals surface area contributed by atoms with Gasteiger partial charge in [0.1, 0.15) is 5.71 Å². The van der Waals surface area contributed by atoms with Gasteiger partial charge in [0.15, 0.2) is 11.7 Å². The van der Waals surface area contributed by atoms with E-state index >= 15 is 0 Å². The van der Waals surface area contributed by atoms with Crippen molar-refractivity contribution in [1.82, 2.24) is 9.97 Å². The van der Waals surface area contributed by atoms with Crippen molar-refractivity contribution in [2.24, 2.45) is 4.99 Å². The SMILES string of the molecule is O=C1C(c2c(O)[nH]c3ccccc23)=Nc2ncccc21. The summed E-state index contributed by atoms with van der Waals surface area (Å²) in [6, 6.07) is 10.8. The van der Waals surface area contributed by atoms with Crippen LogP contribution in [-0.4, -0.2) is 26.6 Å². The van der Waals surface area contributed by atoms with E-state index in [-0.39, 0.29) is 17.4 Å². The molecule has 0 radical (unpaired) electrons. The minimum atomic E-state index is -0.215. The van der Waals surface area contributed by atoms with Crippen LogP contribution in [0.5, 0.6) is 5.88 Å². The minimum Gasteiger partial charge on any atom is -0.494 e. The molecular weight excluding hydrogens is 254 g/mol. The van der Waals surface area contributed by atoms with Crippen LogP contribution in [0.4, 0.5) is 5.82 Å². The molecule has 3 heterocycles. The summed E-state index contributed by atoms with van der Waals surface area (Å²) in [4.78, 5) is 23.6. The van der Waals surface area contributed by atoms with Gasteiger partial charge < -0.3 is 10.1 Å². The Kier molecular flexibility index (Phi) is 2.06. The highest BCUT2D eigenvalue weighted by atomic mass is 16.3. The predicted molar refractivity (Wildman–Crippen MR) is 74.7 cm³/mol. The Hall–Kier alpha value is -2.95. The van der Waals surface area contributed by atoms with E-state index < -0.39 is 0 Å². The molecule has 96 valence electrons. The fourth-order valence-corrected chi connectivity index (χ4v) is 2.48. The molecule has 0 saturated heterocycles. The molecule has 0 aliphatic carbocycles. The fourth-order valence-electron chi connectivity index (χ4n) is 2.48. The molecule has 5 heteroatoms. The standard InChI is InChI=1S/C15H9N3O2/c19-13-9-5-3-7-16-14(9)18-12(13)11-8-4-1-2-6-10(8)17-15(11)20/h1-7,17,20H. The summed E-state index contributed by atoms with van der Waals surface area (Å²) >= 11 is 0. The summed E-state index contributed by atoms with van der Waals surface area (Å²) in [6.07, 6.45) is 1.59. The predicted octanol–water partition coefficient (Wildman–Crippen LogP) is 2.59. The number of carbonyl (C=O) groups is 1. The number of aliphatic imine (C=N–C) groups is 1. The Morgan fingerprint density at radius 3 is 2.80 bits per heavy atom. The van der Waals surface area contributed by atoms with E-state index in [1.807, 2.05) is 24.3 Å². The molecule has 0 unspecified atom stereocenters. The highest BCUT2D eigenvalue weighted by Crippen LogP contribution is 2.33. The van der Waals surface area contributed by atoms with Gasteiger partial charge in [-0.2, -0.15) is 0 Å². The number of aromatic amines is 1. The molecule has 1 aliphatic heterocycles. The summed E-state index contributed by atoms with van der Waals surface area (Å²) in [6.45, 7) is 0. The van der Waals surface area contributed by atoms with Gasteiger partial charge in [-0.1, -0.05) is 18.2 Å². The highest BCUT2D eigenvalue weighted by molar-refractivity contribution is 6.56. The Morgan fingerprint density at radius 2 is 1.95 bits per heavy atom. The van der Waals surface area contributed by atoms with Crippen LogP contribution in [0, 0.1) is 0 Å². The zero-order valence-corrected chi connectivity index (χ0v) is 10.3. The zero-order valence-electron chi connectivity index (χ0n) is 10.3. The number of benzene rings is 1. The number of para-hydroxylation sites is 1. The van der Waals surface area contributed by atoms with Gasteiger partial charge in [-0.25, -0.2) is 9.98 Å². The number of hydrogen-bond donors (Lipinski definition) is 2. The van der Waals surface area contributed by atoms with Crippen molar-refractivity contribution in [3.05, 3.63) is 53.7 Å². The van der Waals surface area contributed by atoms with E-state index in [0.29, 0.717) is 16.9 Å². The van der Waals surface area contributed by atoms with Crippen molar-refractivity contribution in [3.8, 4) is 5.88 Å². The maximum absolute atomic E-state index is 12.4. The van der Waals surface area contributed by atoms with Gasteiger partial charge in [-0.3, -0.25) is 4.79 Å². The lowest BCUT2D eigenvalue weighted by molar-refractivity contribution is 0.107. The van der Waals surface area contributed by atoms with Gasteiger partial charge in [0.25, 0.3) is 0 Å². The van der Waals surface area contributed by atoms with Gasteiger partial charge in [0, 0.05) is 17.1 Å². The number of H-pyrrole nitrogens is 1. The van der Waals surface area contributed by atoms with Crippen LogP contribution in [0.1, 0.15) is 15.9 Å². The maximum Gasteiger partial charge on any atom is 0.216 e. The summed E-state index contributed by atoms with van der Waals surface area (Å²) in [5, 5.41) is 10.9. The van der Waals surface area contributed by atoms with Crippen LogP contribution in [0.15, 0.2) is 47.6 Å². The number of Topliss-reactive ketones (excluding diaryl/α,β-unsaturated/α-hetero) is 1. The number of fused-ring (bicyclic) bond motifs is 2. The van der Waals surface area contributed by atoms with Crippen LogP contribution in [0.2, 0.25) is 0 Å². The summed E-state index contributed by atoms with van der Waals surface area (Å²) < 4.78 is 0. The largest absolute Gasteiger partial charge is 0.494 e. The quantitative estimate of drug-likeness (QED) is 0.708. The third-order valence-corrected chi connectivity index (χ3v) is 3.39. The van der Waals surface area contributed by atoms with E-state index in [9.17, 15) is 9.90 Å². The van der Waals surface area contributed by atoms with Crippen LogP contribution in [0.25, 0.3) is 10.9 Å². The number of carbonyl (C=O) groups excluding carboxylic acids is 1. The Bertz CT molecular complexity index is 893. The summed E-state index contributed by atoms with van der Waals surface area (Å²) in [5.74, 6) is 0.136. The molecule has 0 spiro atoms. The molecular formula is C15H9N3O2. The second-order valence-corrected chi connectivity index (χ2v) is 4.56. The van der Waals surface area contributed by atoms with E-state index in [1.54, 1.807) is 18.3 Å². The molecule has 0 amide bonds. The van der Waals surface area contributed by atoms with Gasteiger partial charge in [-0.15, -0.1) is 0 Å². The van der Waals surface area contributed by atoms with Crippen molar-refractivity contribution < 1.29 is 9.90 Å². The van der Waals surface area contributed by atoms with Crippen molar-refractivity contribution in [3.63, 3.8) is 0 Å². The van der Waals surface area contributed by atoms with Gasteiger partial charge >= 0.3 is 0 Å². The average molecular weight is 263 g/mol. The molecule has 0 fully saturated rings. The first-order valence-corrected chi connectivity index (χ1v) is 6.14. The lowest BCUT2D eigenvalue weighted by atomic mass is 10.0. The van der Waals surface area contributed by atoms with Crippen LogP contribution < -0.4 is 0 Å². The van der Waals surface area contributed by atoms with Crippen molar-refractivity contribution >= 4 is 28.2 Å².